The third-order valence-corrected chi connectivity index (χ3v) is 4.17. The maximum Gasteiger partial charge on any atom is 0.262 e. The van der Waals surface area contributed by atoms with Gasteiger partial charge in [-0.05, 0) is 25.6 Å². The molecule has 2 aromatic heterocycles. The van der Waals surface area contributed by atoms with Gasteiger partial charge >= 0.3 is 0 Å². The van der Waals surface area contributed by atoms with Gasteiger partial charge in [0.25, 0.3) is 5.56 Å². The van der Waals surface area contributed by atoms with E-state index in [4.69, 9.17) is 5.11 Å². The van der Waals surface area contributed by atoms with E-state index in [2.05, 4.69) is 15.1 Å². The third-order valence-electron chi connectivity index (χ3n) is 4.17. The molecule has 0 unspecified atom stereocenters. The zero-order valence-electron chi connectivity index (χ0n) is 13.7. The number of aliphatic hydroxyl groups excluding tert-OH is 1. The monoisotopic (exact) mass is 315 g/mol. The molecule has 0 spiro atoms. The number of likely N-dealkylation sites (N-methyl/N-ethyl adjacent to an activating group) is 1. The molecule has 0 amide bonds. The van der Waals surface area contributed by atoms with Crippen LogP contribution < -0.4 is 5.56 Å². The molecule has 2 heterocycles. The Bertz CT molecular complexity index is 912. The van der Waals surface area contributed by atoms with Crippen LogP contribution in [0.15, 0.2) is 23.0 Å². The van der Waals surface area contributed by atoms with Crippen LogP contribution in [0.1, 0.15) is 18.3 Å². The van der Waals surface area contributed by atoms with Crippen molar-refractivity contribution in [3.63, 3.8) is 0 Å². The number of nitrogens with zero attached hydrogens (tertiary/aromatic N) is 5. The van der Waals surface area contributed by atoms with Crippen molar-refractivity contribution >= 4 is 16.7 Å². The lowest BCUT2D eigenvalue weighted by atomic mass is 10.1. The summed E-state index contributed by atoms with van der Waals surface area (Å²) in [7, 11) is 1.71. The van der Waals surface area contributed by atoms with E-state index in [1.807, 2.05) is 36.4 Å². The number of aromatic nitrogens is 4. The topological polar surface area (TPSA) is 75.7 Å². The summed E-state index contributed by atoms with van der Waals surface area (Å²) in [5, 5.41) is 18.3. The van der Waals surface area contributed by atoms with E-state index < -0.39 is 0 Å². The first-order valence-electron chi connectivity index (χ1n) is 7.73. The largest absolute Gasteiger partial charge is 0.395 e. The number of hydrogen-bond acceptors (Lipinski definition) is 5. The fraction of sp³-hybridized carbons (Fsp3) is 0.438. The molecule has 7 nitrogen and oxygen atoms in total. The molecule has 0 saturated carbocycles. The van der Waals surface area contributed by atoms with Crippen LogP contribution in [0.25, 0.3) is 16.7 Å². The highest BCUT2D eigenvalue weighted by molar-refractivity contribution is 5.81. The second-order valence-corrected chi connectivity index (χ2v) is 5.73. The summed E-state index contributed by atoms with van der Waals surface area (Å²) in [5.41, 5.74) is 1.78. The molecule has 23 heavy (non-hydrogen) atoms. The van der Waals surface area contributed by atoms with Gasteiger partial charge in [-0.1, -0.05) is 18.6 Å². The van der Waals surface area contributed by atoms with Crippen LogP contribution in [-0.2, 0) is 13.6 Å². The Hall–Kier alpha value is -2.25. The molecular formula is C16H21N5O2. The molecule has 0 atom stereocenters. The SMILES string of the molecule is CCN(CCO)Cc1nnc2n(C)c(=O)c3cc(C)ccc3n12. The molecule has 0 aliphatic rings. The highest BCUT2D eigenvalue weighted by atomic mass is 16.3. The summed E-state index contributed by atoms with van der Waals surface area (Å²) in [6.45, 7) is 6.06. The highest BCUT2D eigenvalue weighted by Gasteiger charge is 2.16. The van der Waals surface area contributed by atoms with Gasteiger partial charge in [0, 0.05) is 13.6 Å². The minimum absolute atomic E-state index is 0.0714. The first-order valence-corrected chi connectivity index (χ1v) is 7.73. The molecule has 0 aliphatic carbocycles. The maximum atomic E-state index is 12.5. The van der Waals surface area contributed by atoms with Gasteiger partial charge in [-0.2, -0.15) is 0 Å². The standard InChI is InChI=1S/C16H21N5O2/c1-4-20(7-8-22)10-14-17-18-16-19(3)15(23)12-9-11(2)5-6-13(12)21(14)16/h5-6,9,22H,4,7-8,10H2,1-3H3. The lowest BCUT2D eigenvalue weighted by Crippen LogP contribution is -2.27. The van der Waals surface area contributed by atoms with Gasteiger partial charge in [0.05, 0.1) is 24.1 Å². The molecule has 0 bridgehead atoms. The van der Waals surface area contributed by atoms with Gasteiger partial charge in [0.2, 0.25) is 5.78 Å². The fourth-order valence-corrected chi connectivity index (χ4v) is 2.85. The van der Waals surface area contributed by atoms with E-state index in [1.54, 1.807) is 7.05 Å². The Kier molecular flexibility index (Phi) is 4.14. The Morgan fingerprint density at radius 2 is 2.09 bits per heavy atom. The number of fused-ring (bicyclic) bond motifs is 3. The normalized spacial score (nSPS) is 11.9. The summed E-state index contributed by atoms with van der Waals surface area (Å²) >= 11 is 0. The molecule has 0 aliphatic heterocycles. The first-order chi connectivity index (χ1) is 11.1. The van der Waals surface area contributed by atoms with Gasteiger partial charge in [0.1, 0.15) is 0 Å². The Labute approximate surface area is 133 Å². The van der Waals surface area contributed by atoms with E-state index >= 15 is 0 Å². The van der Waals surface area contributed by atoms with Gasteiger partial charge in [-0.15, -0.1) is 10.2 Å². The van der Waals surface area contributed by atoms with Crippen LogP contribution in [0.2, 0.25) is 0 Å². The zero-order chi connectivity index (χ0) is 16.6. The van der Waals surface area contributed by atoms with Crippen LogP contribution in [0.4, 0.5) is 0 Å². The average molecular weight is 315 g/mol. The molecule has 122 valence electrons. The van der Waals surface area contributed by atoms with Crippen LogP contribution in [0.3, 0.4) is 0 Å². The average Bonchev–Trinajstić information content (AvgIpc) is 2.96. The molecule has 3 aromatic rings. The molecule has 7 heteroatoms. The van der Waals surface area contributed by atoms with Crippen molar-refractivity contribution in [2.45, 2.75) is 20.4 Å². The second kappa shape index (κ2) is 6.10. The van der Waals surface area contributed by atoms with Crippen molar-refractivity contribution in [1.29, 1.82) is 0 Å². The maximum absolute atomic E-state index is 12.5. The Balaban J connectivity index is 2.25. The van der Waals surface area contributed by atoms with Gasteiger partial charge < -0.3 is 5.11 Å². The van der Waals surface area contributed by atoms with Crippen LogP contribution >= 0.6 is 0 Å². The van der Waals surface area contributed by atoms with Crippen molar-refractivity contribution in [2.24, 2.45) is 7.05 Å². The number of aryl methyl sites for hydroxylation is 2. The van der Waals surface area contributed by atoms with Crippen LogP contribution in [-0.4, -0.2) is 48.9 Å². The molecule has 0 saturated heterocycles. The van der Waals surface area contributed by atoms with E-state index in [0.717, 1.165) is 23.4 Å². The molecule has 1 N–H and O–H groups in total. The minimum atomic E-state index is -0.0714. The van der Waals surface area contributed by atoms with Gasteiger partial charge in [-0.25, -0.2) is 0 Å². The van der Waals surface area contributed by atoms with Crippen molar-refractivity contribution in [2.75, 3.05) is 19.7 Å². The number of rotatable bonds is 5. The fourth-order valence-electron chi connectivity index (χ4n) is 2.85. The summed E-state index contributed by atoms with van der Waals surface area (Å²) in [4.78, 5) is 14.6. The Morgan fingerprint density at radius 1 is 1.30 bits per heavy atom. The quantitative estimate of drug-likeness (QED) is 0.750. The van der Waals surface area contributed by atoms with Crippen molar-refractivity contribution in [3.8, 4) is 0 Å². The Morgan fingerprint density at radius 3 is 2.78 bits per heavy atom. The smallest absolute Gasteiger partial charge is 0.262 e. The molecule has 3 rings (SSSR count). The van der Waals surface area contributed by atoms with Gasteiger partial charge in [-0.3, -0.25) is 18.7 Å². The first kappa shape index (κ1) is 15.6. The molecule has 0 radical (unpaired) electrons. The number of aliphatic hydroxyl groups is 1. The van der Waals surface area contributed by atoms with E-state index in [-0.39, 0.29) is 12.2 Å². The third kappa shape index (κ3) is 2.62. The summed E-state index contributed by atoms with van der Waals surface area (Å²) in [6.07, 6.45) is 0. The highest BCUT2D eigenvalue weighted by Crippen LogP contribution is 2.16. The predicted octanol–water partition coefficient (Wildman–Crippen LogP) is 0.704. The summed E-state index contributed by atoms with van der Waals surface area (Å²) in [6, 6.07) is 5.82. The summed E-state index contributed by atoms with van der Waals surface area (Å²) < 4.78 is 3.46. The zero-order valence-corrected chi connectivity index (χ0v) is 13.7. The lowest BCUT2D eigenvalue weighted by Gasteiger charge is -2.18. The summed E-state index contributed by atoms with van der Waals surface area (Å²) in [5.74, 6) is 1.29. The van der Waals surface area contributed by atoms with Crippen LogP contribution in [0.5, 0.6) is 0 Å². The molecule has 1 aromatic carbocycles. The molecular weight excluding hydrogens is 294 g/mol. The minimum Gasteiger partial charge on any atom is -0.395 e. The molecule has 0 fully saturated rings. The van der Waals surface area contributed by atoms with E-state index in [1.165, 1.54) is 4.57 Å². The van der Waals surface area contributed by atoms with Crippen molar-refractivity contribution in [1.82, 2.24) is 24.1 Å². The van der Waals surface area contributed by atoms with E-state index in [0.29, 0.717) is 24.3 Å². The lowest BCUT2D eigenvalue weighted by molar-refractivity contribution is 0.193. The van der Waals surface area contributed by atoms with Crippen molar-refractivity contribution < 1.29 is 5.11 Å². The number of hydrogen-bond donors (Lipinski definition) is 1. The van der Waals surface area contributed by atoms with Crippen molar-refractivity contribution in [3.05, 3.63) is 39.9 Å². The second-order valence-electron chi connectivity index (χ2n) is 5.73. The number of benzene rings is 1. The van der Waals surface area contributed by atoms with E-state index in [9.17, 15) is 4.79 Å². The predicted molar refractivity (Wildman–Crippen MR) is 88.5 cm³/mol. The van der Waals surface area contributed by atoms with Gasteiger partial charge in [0.15, 0.2) is 5.82 Å². The van der Waals surface area contributed by atoms with Crippen LogP contribution in [0, 0.1) is 6.92 Å².